The molecule has 0 bridgehead atoms. The molecule has 0 heterocycles. The highest BCUT2D eigenvalue weighted by molar-refractivity contribution is 5.88. The van der Waals surface area contributed by atoms with Crippen molar-refractivity contribution in [3.8, 4) is 0 Å². The van der Waals surface area contributed by atoms with Gasteiger partial charge in [0, 0.05) is 12.1 Å². The van der Waals surface area contributed by atoms with E-state index in [1.54, 1.807) is 0 Å². The first-order valence-electron chi connectivity index (χ1n) is 9.36. The number of hydrogen-bond donors (Lipinski definition) is 2. The zero-order valence-electron chi connectivity index (χ0n) is 17.5. The average Bonchev–Trinajstić information content (AvgIpc) is 2.61. The molecule has 0 saturated heterocycles. The van der Waals surface area contributed by atoms with Crippen molar-refractivity contribution < 1.29 is 19.8 Å². The van der Waals surface area contributed by atoms with Crippen molar-refractivity contribution >= 4 is 11.9 Å². The number of nitrogens with zero attached hydrogens (tertiary/aromatic N) is 2. The summed E-state index contributed by atoms with van der Waals surface area (Å²) in [5.74, 6) is -1.81. The molecule has 0 aliphatic rings. The fourth-order valence-corrected chi connectivity index (χ4v) is 3.02. The third kappa shape index (κ3) is 8.15. The zero-order valence-corrected chi connectivity index (χ0v) is 17.5. The number of aliphatic carboxylic acids is 2. The lowest BCUT2D eigenvalue weighted by Crippen LogP contribution is -2.52. The van der Waals surface area contributed by atoms with E-state index in [2.05, 4.69) is 57.6 Å². The second kappa shape index (κ2) is 13.5. The summed E-state index contributed by atoms with van der Waals surface area (Å²) in [6, 6.07) is 0. The first kappa shape index (κ1) is 26.6. The van der Waals surface area contributed by atoms with Crippen LogP contribution in [0.2, 0.25) is 0 Å². The molecule has 0 aliphatic heterocycles. The Hall–Kier alpha value is -1.66. The van der Waals surface area contributed by atoms with Crippen LogP contribution in [0.4, 0.5) is 0 Å². The summed E-state index contributed by atoms with van der Waals surface area (Å²) in [6.45, 7) is 23.6. The largest absolute Gasteiger partial charge is 0.478 e. The predicted octanol–water partition coefficient (Wildman–Crippen LogP) is 3.50. The summed E-state index contributed by atoms with van der Waals surface area (Å²) in [5, 5.41) is 17.3. The summed E-state index contributed by atoms with van der Waals surface area (Å²) < 4.78 is 0. The molecule has 2 N–H and O–H groups in total. The van der Waals surface area contributed by atoms with Gasteiger partial charge < -0.3 is 15.1 Å². The molecule has 0 aromatic rings. The third-order valence-electron chi connectivity index (χ3n) is 4.87. The number of carboxylic acid groups (broad SMARTS) is 2. The van der Waals surface area contributed by atoms with Gasteiger partial charge in [-0.25, -0.2) is 9.59 Å². The molecule has 0 aromatic carbocycles. The summed E-state index contributed by atoms with van der Waals surface area (Å²) in [6.07, 6.45) is 1.60. The van der Waals surface area contributed by atoms with Crippen molar-refractivity contribution in [1.29, 1.82) is 0 Å². The maximum atomic E-state index is 11.5. The van der Waals surface area contributed by atoms with Crippen molar-refractivity contribution in [2.75, 3.05) is 32.7 Å². The van der Waals surface area contributed by atoms with E-state index in [-0.39, 0.29) is 5.57 Å². The Morgan fingerprint density at radius 2 is 1.31 bits per heavy atom. The first-order chi connectivity index (χ1) is 12.1. The van der Waals surface area contributed by atoms with E-state index in [1.807, 2.05) is 0 Å². The fraction of sp³-hybridized carbons (Fsp3) is 0.700. The van der Waals surface area contributed by atoms with E-state index in [9.17, 15) is 14.7 Å². The second-order valence-electron chi connectivity index (χ2n) is 6.20. The smallest absolute Gasteiger partial charge is 0.332 e. The number of hydrogen-bond acceptors (Lipinski definition) is 4. The van der Waals surface area contributed by atoms with Crippen LogP contribution in [0.5, 0.6) is 0 Å². The molecule has 6 nitrogen and oxygen atoms in total. The van der Waals surface area contributed by atoms with Crippen molar-refractivity contribution in [2.45, 2.75) is 59.9 Å². The lowest BCUT2D eigenvalue weighted by atomic mass is 9.82. The summed E-state index contributed by atoms with van der Waals surface area (Å²) in [7, 11) is 0. The average molecular weight is 371 g/mol. The van der Waals surface area contributed by atoms with Crippen molar-refractivity contribution in [2.24, 2.45) is 0 Å². The van der Waals surface area contributed by atoms with Crippen LogP contribution in [0.25, 0.3) is 0 Å². The summed E-state index contributed by atoms with van der Waals surface area (Å²) >= 11 is 0. The zero-order chi connectivity index (χ0) is 20.9. The lowest BCUT2D eigenvalue weighted by molar-refractivity contribution is -0.135. The van der Waals surface area contributed by atoms with E-state index >= 15 is 0 Å². The quantitative estimate of drug-likeness (QED) is 0.512. The van der Waals surface area contributed by atoms with Crippen molar-refractivity contribution in [3.63, 3.8) is 0 Å². The van der Waals surface area contributed by atoms with Crippen LogP contribution in [0, 0.1) is 0 Å². The molecule has 0 aromatic heterocycles. The van der Waals surface area contributed by atoms with Gasteiger partial charge in [0.1, 0.15) is 0 Å². The van der Waals surface area contributed by atoms with Gasteiger partial charge in [0.15, 0.2) is 0 Å². The predicted molar refractivity (Wildman–Crippen MR) is 108 cm³/mol. The molecule has 152 valence electrons. The van der Waals surface area contributed by atoms with Crippen LogP contribution in [-0.4, -0.2) is 70.2 Å². The Balaban J connectivity index is 0. The van der Waals surface area contributed by atoms with Gasteiger partial charge in [-0.05, 0) is 45.9 Å². The number of rotatable bonds is 12. The highest BCUT2D eigenvalue weighted by Gasteiger charge is 2.39. The number of carbonyl (C=O) groups is 2. The van der Waals surface area contributed by atoms with E-state index in [0.29, 0.717) is 5.57 Å². The Morgan fingerprint density at radius 3 is 1.54 bits per heavy atom. The summed E-state index contributed by atoms with van der Waals surface area (Å²) in [4.78, 5) is 25.7. The van der Waals surface area contributed by atoms with Crippen LogP contribution in [0.1, 0.15) is 54.4 Å². The molecule has 1 unspecified atom stereocenters. The van der Waals surface area contributed by atoms with Crippen LogP contribution < -0.4 is 0 Å². The highest BCUT2D eigenvalue weighted by atomic mass is 16.4. The molecule has 0 aliphatic carbocycles. The molecule has 0 spiro atoms. The Labute approximate surface area is 159 Å². The molecular formula is C20H38N2O4. The molecule has 1 atom stereocenters. The minimum absolute atomic E-state index is 0.176. The molecule has 0 rings (SSSR count). The third-order valence-corrected chi connectivity index (χ3v) is 4.87. The maximum Gasteiger partial charge on any atom is 0.332 e. The lowest BCUT2D eigenvalue weighted by Gasteiger charge is -2.44. The van der Waals surface area contributed by atoms with Gasteiger partial charge in [0.05, 0.1) is 11.1 Å². The van der Waals surface area contributed by atoms with Crippen molar-refractivity contribution in [3.05, 3.63) is 24.3 Å². The van der Waals surface area contributed by atoms with Crippen LogP contribution in [0.15, 0.2) is 24.3 Å². The van der Waals surface area contributed by atoms with Crippen LogP contribution in [-0.2, 0) is 9.59 Å². The number of carboxylic acids is 2. The molecule has 0 radical (unpaired) electrons. The Morgan fingerprint density at radius 1 is 0.885 bits per heavy atom. The minimum Gasteiger partial charge on any atom is -0.478 e. The van der Waals surface area contributed by atoms with Gasteiger partial charge in [0.25, 0.3) is 0 Å². The highest BCUT2D eigenvalue weighted by Crippen LogP contribution is 2.32. The SMILES string of the molecule is C=C(C(=O)O)C(CC)(CCN(CC)CC)N(CC)CC.C=C(C)C(=O)O. The normalized spacial score (nSPS) is 12.9. The minimum atomic E-state index is -0.935. The van der Waals surface area contributed by atoms with Gasteiger partial charge in [-0.2, -0.15) is 0 Å². The molecule has 0 amide bonds. The Kier molecular flexibility index (Phi) is 13.8. The van der Waals surface area contributed by atoms with Gasteiger partial charge in [0.2, 0.25) is 0 Å². The van der Waals surface area contributed by atoms with E-state index in [1.165, 1.54) is 6.92 Å². The van der Waals surface area contributed by atoms with E-state index in [0.717, 1.165) is 45.6 Å². The molecule has 26 heavy (non-hydrogen) atoms. The first-order valence-corrected chi connectivity index (χ1v) is 9.36. The van der Waals surface area contributed by atoms with Gasteiger partial charge in [-0.15, -0.1) is 0 Å². The molecule has 0 fully saturated rings. The topological polar surface area (TPSA) is 81.1 Å². The maximum absolute atomic E-state index is 11.5. The fourth-order valence-electron chi connectivity index (χ4n) is 3.02. The second-order valence-corrected chi connectivity index (χ2v) is 6.20. The van der Waals surface area contributed by atoms with E-state index in [4.69, 9.17) is 5.11 Å². The molecular weight excluding hydrogens is 332 g/mol. The molecule has 6 heteroatoms. The monoisotopic (exact) mass is 370 g/mol. The number of likely N-dealkylation sites (N-methyl/N-ethyl adjacent to an activating group) is 1. The van der Waals surface area contributed by atoms with Gasteiger partial charge in [-0.1, -0.05) is 47.8 Å². The van der Waals surface area contributed by atoms with E-state index < -0.39 is 17.5 Å². The van der Waals surface area contributed by atoms with Gasteiger partial charge in [-0.3, -0.25) is 4.90 Å². The Bertz CT molecular complexity index is 456. The van der Waals surface area contributed by atoms with Crippen LogP contribution >= 0.6 is 0 Å². The van der Waals surface area contributed by atoms with Gasteiger partial charge >= 0.3 is 11.9 Å². The van der Waals surface area contributed by atoms with Crippen molar-refractivity contribution in [1.82, 2.24) is 9.80 Å². The summed E-state index contributed by atoms with van der Waals surface area (Å²) in [5.41, 5.74) is 0.0728. The standard InChI is InChI=1S/C16H32N2O2.C4H6O2/c1-7-16(14(6)15(19)20,18(10-4)11-5)12-13-17(8-2)9-3;1-3(2)4(5)6/h6-13H2,1-5H3,(H,19,20);1H2,2H3,(H,5,6). The molecule has 0 saturated carbocycles. The van der Waals surface area contributed by atoms with Crippen LogP contribution in [0.3, 0.4) is 0 Å².